The van der Waals surface area contributed by atoms with Gasteiger partial charge < -0.3 is 14.8 Å². The smallest absolute Gasteiger partial charge is 0.243 e. The van der Waals surface area contributed by atoms with Crippen LogP contribution in [0.3, 0.4) is 0 Å². The van der Waals surface area contributed by atoms with E-state index in [0.717, 1.165) is 37.7 Å². The van der Waals surface area contributed by atoms with E-state index in [2.05, 4.69) is 5.32 Å². The number of carbonyl (C=O) groups is 1. The largest absolute Gasteiger partial charge is 0.454 e. The van der Waals surface area contributed by atoms with E-state index >= 15 is 0 Å². The Morgan fingerprint density at radius 2 is 1.73 bits per heavy atom. The monoisotopic (exact) mass is 430 g/mol. The highest BCUT2D eigenvalue weighted by atomic mass is 32.2. The Balaban J connectivity index is 1.55. The average Bonchev–Trinajstić information content (AvgIpc) is 3.21. The summed E-state index contributed by atoms with van der Waals surface area (Å²) in [6.07, 6.45) is 4.56. The van der Waals surface area contributed by atoms with Crippen molar-refractivity contribution in [3.05, 3.63) is 48.0 Å². The lowest BCUT2D eigenvalue weighted by Gasteiger charge is -2.33. The summed E-state index contributed by atoms with van der Waals surface area (Å²) in [7, 11) is -3.79. The van der Waals surface area contributed by atoms with E-state index in [0.29, 0.717) is 17.2 Å². The molecule has 2 aromatic carbocycles. The summed E-state index contributed by atoms with van der Waals surface area (Å²) in [5.41, 5.74) is 1.53. The topological polar surface area (TPSA) is 84.9 Å². The molecule has 0 spiro atoms. The van der Waals surface area contributed by atoms with E-state index in [-0.39, 0.29) is 30.2 Å². The third-order valence-corrected chi connectivity index (χ3v) is 7.48. The highest BCUT2D eigenvalue weighted by Gasteiger charge is 2.34. The average molecular weight is 431 g/mol. The lowest BCUT2D eigenvalue weighted by atomic mass is 9.95. The zero-order chi connectivity index (χ0) is 21.1. The molecule has 8 heteroatoms. The minimum absolute atomic E-state index is 0.150. The van der Waals surface area contributed by atoms with E-state index in [4.69, 9.17) is 9.47 Å². The third-order valence-electron chi connectivity index (χ3n) is 5.57. The summed E-state index contributed by atoms with van der Waals surface area (Å²) in [6.45, 7) is 1.83. The fraction of sp³-hybridized carbons (Fsp3) is 0.409. The number of carbonyl (C=O) groups excluding carboxylic acids is 1. The summed E-state index contributed by atoms with van der Waals surface area (Å²) in [5.74, 6) is 0.804. The number of anilines is 1. The van der Waals surface area contributed by atoms with Gasteiger partial charge in [0.15, 0.2) is 11.5 Å². The molecule has 1 N–H and O–H groups in total. The molecule has 1 saturated carbocycles. The molecule has 160 valence electrons. The number of nitrogens with one attached hydrogen (secondary N) is 1. The van der Waals surface area contributed by atoms with Gasteiger partial charge in [-0.25, -0.2) is 8.42 Å². The van der Waals surface area contributed by atoms with E-state index in [9.17, 15) is 13.2 Å². The highest BCUT2D eigenvalue weighted by Crippen LogP contribution is 2.34. The van der Waals surface area contributed by atoms with Crippen LogP contribution in [-0.2, 0) is 14.8 Å². The maximum atomic E-state index is 13.4. The van der Waals surface area contributed by atoms with Gasteiger partial charge in [0.25, 0.3) is 0 Å². The first-order chi connectivity index (χ1) is 14.4. The number of sulfonamides is 1. The van der Waals surface area contributed by atoms with Gasteiger partial charge in [-0.15, -0.1) is 0 Å². The number of nitrogens with zero attached hydrogens (tertiary/aromatic N) is 1. The first kappa shape index (κ1) is 20.7. The molecule has 1 heterocycles. The lowest BCUT2D eigenvalue weighted by Crippen LogP contribution is -2.45. The van der Waals surface area contributed by atoms with Gasteiger partial charge in [-0.3, -0.25) is 4.79 Å². The number of aryl methyl sites for hydroxylation is 1. The molecule has 2 aliphatic rings. The van der Waals surface area contributed by atoms with Crippen molar-refractivity contribution in [2.24, 2.45) is 0 Å². The van der Waals surface area contributed by atoms with Crippen LogP contribution in [0, 0.1) is 6.92 Å². The van der Waals surface area contributed by atoms with Crippen LogP contribution >= 0.6 is 0 Å². The molecule has 0 unspecified atom stereocenters. The van der Waals surface area contributed by atoms with Crippen LogP contribution in [0.5, 0.6) is 11.5 Å². The second-order valence-electron chi connectivity index (χ2n) is 7.77. The van der Waals surface area contributed by atoms with Gasteiger partial charge in [0.1, 0.15) is 0 Å². The quantitative estimate of drug-likeness (QED) is 0.756. The van der Waals surface area contributed by atoms with Crippen molar-refractivity contribution < 1.29 is 22.7 Å². The van der Waals surface area contributed by atoms with Crippen molar-refractivity contribution in [2.45, 2.75) is 50.0 Å². The Morgan fingerprint density at radius 1 is 1.03 bits per heavy atom. The van der Waals surface area contributed by atoms with Crippen molar-refractivity contribution >= 4 is 21.6 Å². The zero-order valence-corrected chi connectivity index (χ0v) is 17.8. The second kappa shape index (κ2) is 8.65. The predicted molar refractivity (Wildman–Crippen MR) is 113 cm³/mol. The first-order valence-electron chi connectivity index (χ1n) is 10.2. The molecule has 7 nitrogen and oxygen atoms in total. The summed E-state index contributed by atoms with van der Waals surface area (Å²) in [4.78, 5) is 13.0. The number of amides is 1. The molecule has 1 aliphatic carbocycles. The molecule has 30 heavy (non-hydrogen) atoms. The fourth-order valence-electron chi connectivity index (χ4n) is 3.94. The number of fused-ring (bicyclic) bond motifs is 1. The Hall–Kier alpha value is -2.58. The molecule has 1 aliphatic heterocycles. The van der Waals surface area contributed by atoms with Gasteiger partial charge in [0, 0.05) is 17.8 Å². The summed E-state index contributed by atoms with van der Waals surface area (Å²) in [5, 5.41) is 2.79. The van der Waals surface area contributed by atoms with Crippen molar-refractivity contribution in [1.29, 1.82) is 0 Å². The predicted octanol–water partition coefficient (Wildman–Crippen LogP) is 3.69. The van der Waals surface area contributed by atoms with Crippen molar-refractivity contribution in [3.8, 4) is 11.5 Å². The van der Waals surface area contributed by atoms with Crippen LogP contribution in [0.15, 0.2) is 47.4 Å². The Kier molecular flexibility index (Phi) is 5.97. The zero-order valence-electron chi connectivity index (χ0n) is 17.0. The molecule has 0 aromatic heterocycles. The molecule has 1 amide bonds. The van der Waals surface area contributed by atoms with E-state index in [1.165, 1.54) is 4.31 Å². The van der Waals surface area contributed by atoms with Gasteiger partial charge >= 0.3 is 0 Å². The second-order valence-corrected chi connectivity index (χ2v) is 9.66. The molecule has 0 atom stereocenters. The fourth-order valence-corrected chi connectivity index (χ4v) is 5.58. The van der Waals surface area contributed by atoms with Crippen molar-refractivity contribution in [2.75, 3.05) is 18.7 Å². The molecule has 2 aromatic rings. The molecule has 0 bridgehead atoms. The first-order valence-corrected chi connectivity index (χ1v) is 11.7. The number of hydrogen-bond acceptors (Lipinski definition) is 5. The number of ether oxygens (including phenoxy) is 2. The van der Waals surface area contributed by atoms with E-state index < -0.39 is 10.0 Å². The van der Waals surface area contributed by atoms with Gasteiger partial charge in [0.05, 0.1) is 11.4 Å². The van der Waals surface area contributed by atoms with Crippen LogP contribution < -0.4 is 14.8 Å². The minimum atomic E-state index is -3.79. The third kappa shape index (κ3) is 4.44. The Labute approximate surface area is 177 Å². The molecule has 0 saturated heterocycles. The van der Waals surface area contributed by atoms with E-state index in [1.807, 2.05) is 6.92 Å². The van der Waals surface area contributed by atoms with Crippen LogP contribution in [0.25, 0.3) is 0 Å². The van der Waals surface area contributed by atoms with Crippen molar-refractivity contribution in [1.82, 2.24) is 4.31 Å². The van der Waals surface area contributed by atoms with Crippen LogP contribution in [0.1, 0.15) is 37.7 Å². The summed E-state index contributed by atoms with van der Waals surface area (Å²) in [6, 6.07) is 11.7. The number of hydrogen-bond donors (Lipinski definition) is 1. The Bertz CT molecular complexity index is 1010. The maximum Gasteiger partial charge on any atom is 0.243 e. The molecule has 0 radical (unpaired) electrons. The summed E-state index contributed by atoms with van der Waals surface area (Å²) >= 11 is 0. The van der Waals surface area contributed by atoms with Gasteiger partial charge in [-0.1, -0.05) is 37.0 Å². The van der Waals surface area contributed by atoms with E-state index in [1.54, 1.807) is 42.5 Å². The lowest BCUT2D eigenvalue weighted by molar-refractivity contribution is -0.116. The van der Waals surface area contributed by atoms with Crippen LogP contribution in [0.4, 0.5) is 5.69 Å². The molecule has 1 fully saturated rings. The molecular formula is C22H26N2O5S. The van der Waals surface area contributed by atoms with Gasteiger partial charge in [-0.05, 0) is 44.0 Å². The minimum Gasteiger partial charge on any atom is -0.454 e. The number of rotatable bonds is 6. The van der Waals surface area contributed by atoms with Crippen LogP contribution in [-0.4, -0.2) is 38.0 Å². The van der Waals surface area contributed by atoms with Crippen molar-refractivity contribution in [3.63, 3.8) is 0 Å². The highest BCUT2D eigenvalue weighted by molar-refractivity contribution is 7.89. The van der Waals surface area contributed by atoms with Gasteiger partial charge in [0.2, 0.25) is 22.7 Å². The molecule has 4 rings (SSSR count). The van der Waals surface area contributed by atoms with Gasteiger partial charge in [-0.2, -0.15) is 4.31 Å². The normalized spacial score (nSPS) is 16.6. The van der Waals surface area contributed by atoms with Crippen LogP contribution in [0.2, 0.25) is 0 Å². The molecular weight excluding hydrogens is 404 g/mol. The summed E-state index contributed by atoms with van der Waals surface area (Å²) < 4.78 is 38.8. The SMILES string of the molecule is Cc1ccc(S(=O)(=O)N(CC(=O)Nc2ccc3c(c2)OCO3)C2CCCCC2)cc1. The maximum absolute atomic E-state index is 13.4. The Morgan fingerprint density at radius 3 is 2.47 bits per heavy atom. The standard InChI is InChI=1S/C22H26N2O5S/c1-16-7-10-19(11-8-16)30(26,27)24(18-5-3-2-4-6-18)14-22(25)23-17-9-12-20-21(13-17)29-15-28-20/h7-13,18H,2-6,14-15H2,1H3,(H,23,25). The number of benzene rings is 2.